The molecule has 0 spiro atoms. The van der Waals surface area contributed by atoms with Gasteiger partial charge in [0.15, 0.2) is 0 Å². The predicted octanol–water partition coefficient (Wildman–Crippen LogP) is 4.16. The first-order valence-electron chi connectivity index (χ1n) is 8.43. The molecule has 140 valence electrons. The van der Waals surface area contributed by atoms with Crippen LogP contribution in [-0.4, -0.2) is 14.9 Å². The largest absolute Gasteiger partial charge is 0.334 e. The topological polar surface area (TPSA) is 85.8 Å². The summed E-state index contributed by atoms with van der Waals surface area (Å²) in [5, 5.41) is 12.0. The van der Waals surface area contributed by atoms with Gasteiger partial charge < -0.3 is 11.2 Å². The van der Waals surface area contributed by atoms with Crippen LogP contribution >= 0.6 is 23.4 Å². The van der Waals surface area contributed by atoms with Crippen LogP contribution in [0.15, 0.2) is 58.5 Å². The quantitative estimate of drug-likeness (QED) is 0.476. The highest BCUT2D eigenvalue weighted by Crippen LogP contribution is 2.24. The average Bonchev–Trinajstić information content (AvgIpc) is 2.66. The number of hydrogen-bond acceptors (Lipinski definition) is 6. The molecule has 1 heterocycles. The third-order valence-electron chi connectivity index (χ3n) is 4.02. The summed E-state index contributed by atoms with van der Waals surface area (Å²) in [6.45, 7) is 4.25. The molecule has 0 aliphatic heterocycles. The molecule has 3 N–H and O–H groups in total. The van der Waals surface area contributed by atoms with Crippen LogP contribution in [0.4, 0.5) is 11.5 Å². The van der Waals surface area contributed by atoms with Gasteiger partial charge in [-0.1, -0.05) is 67.5 Å². The van der Waals surface area contributed by atoms with Crippen molar-refractivity contribution in [3.63, 3.8) is 0 Å². The summed E-state index contributed by atoms with van der Waals surface area (Å²) < 4.78 is 0.999. The monoisotopic (exact) mass is 401 g/mol. The van der Waals surface area contributed by atoms with Gasteiger partial charge in [0.05, 0.1) is 0 Å². The van der Waals surface area contributed by atoms with Crippen LogP contribution in [0, 0.1) is 0 Å². The Bertz CT molecular complexity index is 988. The van der Waals surface area contributed by atoms with Crippen LogP contribution in [-0.2, 0) is 5.75 Å². The van der Waals surface area contributed by atoms with E-state index in [1.165, 1.54) is 17.3 Å². The molecule has 0 aliphatic carbocycles. The summed E-state index contributed by atoms with van der Waals surface area (Å²) in [6, 6.07) is 15.3. The number of nitrogens with zero attached hydrogens (tertiary/aromatic N) is 3. The maximum absolute atomic E-state index is 12.5. The lowest BCUT2D eigenvalue weighted by molar-refractivity contribution is 0.705. The number of hydrogen-bond donors (Lipinski definition) is 2. The van der Waals surface area contributed by atoms with Gasteiger partial charge in [0.2, 0.25) is 11.0 Å². The van der Waals surface area contributed by atoms with Gasteiger partial charge in [-0.2, -0.15) is 4.68 Å². The third-order valence-corrected chi connectivity index (χ3v) is 5.38. The molecule has 1 aromatic heterocycles. The molecular formula is C19H20ClN5OS. The summed E-state index contributed by atoms with van der Waals surface area (Å²) in [5.74, 6) is 6.97. The highest BCUT2D eigenvalue weighted by atomic mass is 35.5. The first-order valence-corrected chi connectivity index (χ1v) is 9.80. The zero-order valence-electron chi connectivity index (χ0n) is 15.0. The summed E-state index contributed by atoms with van der Waals surface area (Å²) in [4.78, 5) is 12.5. The van der Waals surface area contributed by atoms with E-state index < -0.39 is 5.56 Å². The predicted molar refractivity (Wildman–Crippen MR) is 111 cm³/mol. The van der Waals surface area contributed by atoms with Crippen LogP contribution in [0.3, 0.4) is 0 Å². The molecular weight excluding hydrogens is 382 g/mol. The van der Waals surface area contributed by atoms with Gasteiger partial charge >= 0.3 is 5.56 Å². The number of nitrogen functional groups attached to an aromatic ring is 1. The lowest BCUT2D eigenvalue weighted by Gasteiger charge is -2.10. The second-order valence-electron chi connectivity index (χ2n) is 6.29. The van der Waals surface area contributed by atoms with E-state index >= 15 is 0 Å². The molecule has 27 heavy (non-hydrogen) atoms. The van der Waals surface area contributed by atoms with E-state index in [1.54, 1.807) is 0 Å². The van der Waals surface area contributed by atoms with E-state index in [0.29, 0.717) is 21.8 Å². The fourth-order valence-electron chi connectivity index (χ4n) is 2.41. The van der Waals surface area contributed by atoms with Crippen molar-refractivity contribution in [2.45, 2.75) is 30.7 Å². The van der Waals surface area contributed by atoms with Crippen molar-refractivity contribution in [2.75, 3.05) is 11.2 Å². The van der Waals surface area contributed by atoms with E-state index in [4.69, 9.17) is 17.4 Å². The summed E-state index contributed by atoms with van der Waals surface area (Å²) in [5.41, 5.74) is 2.46. The zero-order chi connectivity index (χ0) is 19.4. The first-order chi connectivity index (χ1) is 13.0. The number of rotatable bonds is 6. The van der Waals surface area contributed by atoms with Gasteiger partial charge in [-0.25, -0.2) is 0 Å². The molecule has 0 bridgehead atoms. The molecule has 3 aromatic rings. The maximum atomic E-state index is 12.5. The minimum absolute atomic E-state index is 0.0805. The maximum Gasteiger partial charge on any atom is 0.315 e. The lowest BCUT2D eigenvalue weighted by Crippen LogP contribution is -2.32. The van der Waals surface area contributed by atoms with Crippen molar-refractivity contribution < 1.29 is 0 Å². The van der Waals surface area contributed by atoms with Crippen LogP contribution < -0.4 is 16.7 Å². The Labute approximate surface area is 166 Å². The number of anilines is 2. The first kappa shape index (κ1) is 19.3. The van der Waals surface area contributed by atoms with E-state index in [9.17, 15) is 4.79 Å². The minimum atomic E-state index is -0.445. The van der Waals surface area contributed by atoms with Crippen molar-refractivity contribution in [1.82, 2.24) is 14.9 Å². The van der Waals surface area contributed by atoms with Crippen molar-refractivity contribution in [3.05, 3.63) is 75.0 Å². The fraction of sp³-hybridized carbons (Fsp3) is 0.211. The standard InChI is InChI=1S/C19H20ClN5OS/c1-12(2)13-7-9-15(10-8-13)22-17-18(26)25(21)19(24-23-17)27-11-14-5-3-4-6-16(14)20/h3-10,12H,11,21H2,1-2H3,(H,22,23). The van der Waals surface area contributed by atoms with Crippen LogP contribution in [0.5, 0.6) is 0 Å². The van der Waals surface area contributed by atoms with Gasteiger partial charge in [0, 0.05) is 16.5 Å². The van der Waals surface area contributed by atoms with Crippen LogP contribution in [0.2, 0.25) is 5.02 Å². The van der Waals surface area contributed by atoms with E-state index in [2.05, 4.69) is 29.4 Å². The molecule has 0 fully saturated rings. The Morgan fingerprint density at radius 1 is 1.15 bits per heavy atom. The van der Waals surface area contributed by atoms with Crippen molar-refractivity contribution in [2.24, 2.45) is 0 Å². The minimum Gasteiger partial charge on any atom is -0.334 e. The zero-order valence-corrected chi connectivity index (χ0v) is 16.6. The second-order valence-corrected chi connectivity index (χ2v) is 7.64. The normalized spacial score (nSPS) is 11.0. The summed E-state index contributed by atoms with van der Waals surface area (Å²) in [6.07, 6.45) is 0. The number of halogens is 1. The van der Waals surface area contributed by atoms with E-state index in [1.807, 2.05) is 48.5 Å². The van der Waals surface area contributed by atoms with Gasteiger partial charge in [0.25, 0.3) is 0 Å². The fourth-order valence-corrected chi connectivity index (χ4v) is 3.55. The summed E-state index contributed by atoms with van der Waals surface area (Å²) in [7, 11) is 0. The highest BCUT2D eigenvalue weighted by molar-refractivity contribution is 7.98. The number of nitrogens with one attached hydrogen (secondary N) is 1. The molecule has 0 atom stereocenters. The van der Waals surface area contributed by atoms with Crippen molar-refractivity contribution in [1.29, 1.82) is 0 Å². The molecule has 0 aliphatic rings. The molecule has 6 nitrogen and oxygen atoms in total. The summed E-state index contributed by atoms with van der Waals surface area (Å²) >= 11 is 7.45. The third kappa shape index (κ3) is 4.61. The SMILES string of the molecule is CC(C)c1ccc(Nc2nnc(SCc3ccccc3Cl)n(N)c2=O)cc1. The molecule has 3 rings (SSSR count). The molecule has 0 saturated carbocycles. The molecule has 0 unspecified atom stereocenters. The van der Waals surface area contributed by atoms with E-state index in [-0.39, 0.29) is 5.82 Å². The second kappa shape index (κ2) is 8.45. The van der Waals surface area contributed by atoms with E-state index in [0.717, 1.165) is 15.9 Å². The number of thioether (sulfide) groups is 1. The highest BCUT2D eigenvalue weighted by Gasteiger charge is 2.12. The number of nitrogens with two attached hydrogens (primary N) is 1. The van der Waals surface area contributed by atoms with Gasteiger partial charge in [0.1, 0.15) is 0 Å². The van der Waals surface area contributed by atoms with Crippen LogP contribution in [0.25, 0.3) is 0 Å². The van der Waals surface area contributed by atoms with Crippen LogP contribution in [0.1, 0.15) is 30.9 Å². The van der Waals surface area contributed by atoms with Crippen molar-refractivity contribution in [3.8, 4) is 0 Å². The van der Waals surface area contributed by atoms with Gasteiger partial charge in [-0.05, 0) is 35.2 Å². The Morgan fingerprint density at radius 2 is 1.85 bits per heavy atom. The Kier molecular flexibility index (Phi) is 6.03. The van der Waals surface area contributed by atoms with Gasteiger partial charge in [-0.15, -0.1) is 10.2 Å². The average molecular weight is 402 g/mol. The Balaban J connectivity index is 1.74. The molecule has 2 aromatic carbocycles. The Morgan fingerprint density at radius 3 is 2.52 bits per heavy atom. The molecule has 0 amide bonds. The van der Waals surface area contributed by atoms with Crippen molar-refractivity contribution >= 4 is 34.9 Å². The number of aromatic nitrogens is 3. The van der Waals surface area contributed by atoms with Gasteiger partial charge in [-0.3, -0.25) is 4.79 Å². The molecule has 0 saturated heterocycles. The number of benzene rings is 2. The Hall–Kier alpha value is -2.51. The molecule has 0 radical (unpaired) electrons. The molecule has 8 heteroatoms. The lowest BCUT2D eigenvalue weighted by atomic mass is 10.0. The smallest absolute Gasteiger partial charge is 0.315 e.